The van der Waals surface area contributed by atoms with Crippen LogP contribution in [0.1, 0.15) is 22.7 Å². The molecule has 0 radical (unpaired) electrons. The number of phenols is 1. The molecule has 2 N–H and O–H groups in total. The number of benzene rings is 3. The molecule has 150 valence electrons. The summed E-state index contributed by atoms with van der Waals surface area (Å²) >= 11 is 0. The van der Waals surface area contributed by atoms with Crippen LogP contribution in [-0.2, 0) is 9.59 Å². The first-order chi connectivity index (χ1) is 14.4. The molecule has 1 aliphatic rings. The van der Waals surface area contributed by atoms with Crippen LogP contribution >= 0.6 is 0 Å². The second-order valence-electron chi connectivity index (χ2n) is 7.06. The number of hydrogen-bond acceptors (Lipinski definition) is 4. The molecule has 0 saturated carbocycles. The van der Waals surface area contributed by atoms with Gasteiger partial charge in [-0.15, -0.1) is 0 Å². The highest BCUT2D eigenvalue weighted by molar-refractivity contribution is 6.51. The Morgan fingerprint density at radius 3 is 2.33 bits per heavy atom. The molecular formula is C24H18FNO4. The Morgan fingerprint density at radius 2 is 1.67 bits per heavy atom. The lowest BCUT2D eigenvalue weighted by atomic mass is 9.94. The van der Waals surface area contributed by atoms with Crippen LogP contribution in [0, 0.1) is 12.7 Å². The minimum Gasteiger partial charge on any atom is -0.508 e. The number of phenolic OH excluding ortho intramolecular Hbond substituents is 1. The third-order valence-electron chi connectivity index (χ3n) is 5.12. The second-order valence-corrected chi connectivity index (χ2v) is 7.06. The Balaban J connectivity index is 1.98. The quantitative estimate of drug-likeness (QED) is 0.384. The first kappa shape index (κ1) is 19.4. The Labute approximate surface area is 172 Å². The number of aryl methyl sites for hydroxylation is 1. The van der Waals surface area contributed by atoms with Crippen molar-refractivity contribution >= 4 is 23.1 Å². The summed E-state index contributed by atoms with van der Waals surface area (Å²) in [6.07, 6.45) is 0. The molecule has 1 unspecified atom stereocenters. The van der Waals surface area contributed by atoms with E-state index >= 15 is 0 Å². The number of carbonyl (C=O) groups excluding carboxylic acids is 2. The average Bonchev–Trinajstić information content (AvgIpc) is 2.99. The van der Waals surface area contributed by atoms with Crippen molar-refractivity contribution in [3.8, 4) is 5.75 Å². The molecule has 0 bridgehead atoms. The number of para-hydroxylation sites is 1. The number of nitrogens with zero attached hydrogens (tertiary/aromatic N) is 1. The van der Waals surface area contributed by atoms with Gasteiger partial charge in [-0.2, -0.15) is 0 Å². The van der Waals surface area contributed by atoms with Gasteiger partial charge < -0.3 is 10.2 Å². The zero-order valence-electron chi connectivity index (χ0n) is 16.0. The number of Topliss-reactive ketones (excluding diaryl/α,β-unsaturated/α-hetero) is 1. The maximum atomic E-state index is 13.3. The zero-order valence-corrected chi connectivity index (χ0v) is 16.0. The fraction of sp³-hybridized carbons (Fsp3) is 0.0833. The number of anilines is 1. The van der Waals surface area contributed by atoms with Gasteiger partial charge in [-0.1, -0.05) is 30.3 Å². The van der Waals surface area contributed by atoms with E-state index < -0.39 is 29.3 Å². The van der Waals surface area contributed by atoms with E-state index in [2.05, 4.69) is 0 Å². The predicted octanol–water partition coefficient (Wildman–Crippen LogP) is 4.47. The number of amides is 1. The molecular weight excluding hydrogens is 385 g/mol. The molecule has 4 rings (SSSR count). The lowest BCUT2D eigenvalue weighted by molar-refractivity contribution is -0.132. The predicted molar refractivity (Wildman–Crippen MR) is 110 cm³/mol. The molecule has 1 aliphatic heterocycles. The molecule has 1 atom stereocenters. The van der Waals surface area contributed by atoms with Gasteiger partial charge >= 0.3 is 0 Å². The van der Waals surface area contributed by atoms with Crippen LogP contribution in [0.2, 0.25) is 0 Å². The van der Waals surface area contributed by atoms with Crippen LogP contribution in [0.25, 0.3) is 5.76 Å². The van der Waals surface area contributed by atoms with Crippen LogP contribution < -0.4 is 4.90 Å². The lowest BCUT2D eigenvalue weighted by Crippen LogP contribution is -2.30. The van der Waals surface area contributed by atoms with Gasteiger partial charge in [0.2, 0.25) is 0 Å². The van der Waals surface area contributed by atoms with Crippen LogP contribution in [0.4, 0.5) is 10.1 Å². The third-order valence-corrected chi connectivity index (χ3v) is 5.12. The number of aliphatic hydroxyl groups is 1. The number of carbonyl (C=O) groups is 2. The molecule has 1 saturated heterocycles. The number of ketones is 1. The molecule has 1 amide bonds. The van der Waals surface area contributed by atoms with E-state index in [1.807, 2.05) is 19.1 Å². The average molecular weight is 403 g/mol. The van der Waals surface area contributed by atoms with E-state index in [1.54, 1.807) is 24.3 Å². The highest BCUT2D eigenvalue weighted by atomic mass is 19.1. The van der Waals surface area contributed by atoms with E-state index in [0.717, 1.165) is 17.7 Å². The van der Waals surface area contributed by atoms with Gasteiger partial charge in [-0.05, 0) is 60.5 Å². The topological polar surface area (TPSA) is 77.8 Å². The van der Waals surface area contributed by atoms with E-state index in [4.69, 9.17) is 0 Å². The maximum Gasteiger partial charge on any atom is 0.300 e. The molecule has 1 heterocycles. The second kappa shape index (κ2) is 7.48. The van der Waals surface area contributed by atoms with Crippen molar-refractivity contribution in [1.29, 1.82) is 0 Å². The standard InChI is InChI=1S/C24H18FNO4/c1-14-5-2-3-8-19(14)26-21(16-6-4-7-18(27)13-16)20(23(29)24(26)30)22(28)15-9-11-17(25)12-10-15/h2-13,21,27-28H,1H3/b22-20-. The van der Waals surface area contributed by atoms with Gasteiger partial charge in [0.15, 0.2) is 0 Å². The summed E-state index contributed by atoms with van der Waals surface area (Å²) in [5.41, 5.74) is 1.84. The van der Waals surface area contributed by atoms with Crippen molar-refractivity contribution in [3.05, 3.63) is 101 Å². The minimum absolute atomic E-state index is 0.0374. The van der Waals surface area contributed by atoms with Crippen LogP contribution in [-0.4, -0.2) is 21.9 Å². The van der Waals surface area contributed by atoms with Crippen LogP contribution in [0.15, 0.2) is 78.4 Å². The van der Waals surface area contributed by atoms with Crippen molar-refractivity contribution < 1.29 is 24.2 Å². The van der Waals surface area contributed by atoms with Crippen molar-refractivity contribution in [2.24, 2.45) is 0 Å². The van der Waals surface area contributed by atoms with E-state index in [1.165, 1.54) is 29.2 Å². The minimum atomic E-state index is -0.955. The number of aromatic hydroxyl groups is 1. The Kier molecular flexibility index (Phi) is 4.83. The number of halogens is 1. The normalized spacial score (nSPS) is 18.1. The molecule has 5 nitrogen and oxygen atoms in total. The molecule has 0 spiro atoms. The smallest absolute Gasteiger partial charge is 0.300 e. The van der Waals surface area contributed by atoms with Crippen LogP contribution in [0.3, 0.4) is 0 Å². The van der Waals surface area contributed by atoms with Gasteiger partial charge in [0.1, 0.15) is 17.3 Å². The maximum absolute atomic E-state index is 13.3. The Bertz CT molecular complexity index is 1180. The Hall–Kier alpha value is -3.93. The monoisotopic (exact) mass is 403 g/mol. The number of aliphatic hydroxyl groups excluding tert-OH is 1. The van der Waals surface area contributed by atoms with E-state index in [0.29, 0.717) is 11.3 Å². The summed E-state index contributed by atoms with van der Waals surface area (Å²) < 4.78 is 13.3. The lowest BCUT2D eigenvalue weighted by Gasteiger charge is -2.26. The highest BCUT2D eigenvalue weighted by Gasteiger charge is 2.47. The summed E-state index contributed by atoms with van der Waals surface area (Å²) in [7, 11) is 0. The van der Waals surface area contributed by atoms with Gasteiger partial charge in [0.05, 0.1) is 11.6 Å². The van der Waals surface area contributed by atoms with Crippen molar-refractivity contribution in [2.75, 3.05) is 4.90 Å². The molecule has 30 heavy (non-hydrogen) atoms. The van der Waals surface area contributed by atoms with Crippen LogP contribution in [0.5, 0.6) is 5.75 Å². The Morgan fingerprint density at radius 1 is 0.967 bits per heavy atom. The summed E-state index contributed by atoms with van der Waals surface area (Å²) in [5.74, 6) is -2.58. The summed E-state index contributed by atoms with van der Waals surface area (Å²) in [6, 6.07) is 17.3. The molecule has 6 heteroatoms. The SMILES string of the molecule is Cc1ccccc1N1C(=O)C(=O)/C(=C(\O)c2ccc(F)cc2)C1c1cccc(O)c1. The fourth-order valence-corrected chi connectivity index (χ4v) is 3.69. The van der Waals surface area contributed by atoms with E-state index in [9.17, 15) is 24.2 Å². The van der Waals surface area contributed by atoms with E-state index in [-0.39, 0.29) is 16.9 Å². The molecule has 0 aromatic heterocycles. The third kappa shape index (κ3) is 3.22. The van der Waals surface area contributed by atoms with Crippen molar-refractivity contribution in [3.63, 3.8) is 0 Å². The van der Waals surface area contributed by atoms with Gasteiger partial charge in [-0.25, -0.2) is 4.39 Å². The first-order valence-corrected chi connectivity index (χ1v) is 9.30. The number of rotatable bonds is 3. The molecule has 3 aromatic carbocycles. The zero-order chi connectivity index (χ0) is 21.4. The summed E-state index contributed by atoms with van der Waals surface area (Å²) in [5, 5.41) is 20.9. The van der Waals surface area contributed by atoms with Gasteiger partial charge in [-0.3, -0.25) is 14.5 Å². The largest absolute Gasteiger partial charge is 0.508 e. The molecule has 0 aliphatic carbocycles. The summed E-state index contributed by atoms with van der Waals surface area (Å²) in [6.45, 7) is 1.81. The van der Waals surface area contributed by atoms with Crippen molar-refractivity contribution in [1.82, 2.24) is 0 Å². The highest BCUT2D eigenvalue weighted by Crippen LogP contribution is 2.43. The first-order valence-electron chi connectivity index (χ1n) is 9.30. The van der Waals surface area contributed by atoms with Gasteiger partial charge in [0, 0.05) is 11.3 Å². The fourth-order valence-electron chi connectivity index (χ4n) is 3.69. The molecule has 3 aromatic rings. The number of hydrogen-bond donors (Lipinski definition) is 2. The molecule has 1 fully saturated rings. The van der Waals surface area contributed by atoms with Crippen molar-refractivity contribution in [2.45, 2.75) is 13.0 Å². The van der Waals surface area contributed by atoms with Gasteiger partial charge in [0.25, 0.3) is 11.7 Å². The summed E-state index contributed by atoms with van der Waals surface area (Å²) in [4.78, 5) is 27.4.